The summed E-state index contributed by atoms with van der Waals surface area (Å²) in [7, 11) is 2.03. The molecule has 0 spiro atoms. The zero-order chi connectivity index (χ0) is 18.1. The molecule has 8 heteroatoms. The molecule has 0 fully saturated rings. The minimum absolute atomic E-state index is 0.0973. The van der Waals surface area contributed by atoms with Gasteiger partial charge in [0.2, 0.25) is 11.9 Å². The van der Waals surface area contributed by atoms with E-state index < -0.39 is 0 Å². The zero-order valence-corrected chi connectivity index (χ0v) is 15.1. The van der Waals surface area contributed by atoms with Gasteiger partial charge in [-0.25, -0.2) is 9.97 Å². The molecule has 2 aliphatic heterocycles. The summed E-state index contributed by atoms with van der Waals surface area (Å²) >= 11 is 6.07. The van der Waals surface area contributed by atoms with E-state index in [0.717, 1.165) is 36.5 Å². The lowest BCUT2D eigenvalue weighted by Crippen LogP contribution is -2.18. The molecule has 0 saturated carbocycles. The fraction of sp³-hybridized carbons (Fsp3) is 0.278. The summed E-state index contributed by atoms with van der Waals surface area (Å²) in [5, 5.41) is 10.0. The number of anilines is 2. The van der Waals surface area contributed by atoms with Crippen molar-refractivity contribution in [2.24, 2.45) is 0 Å². The van der Waals surface area contributed by atoms with Crippen LogP contribution < -0.4 is 16.0 Å². The highest BCUT2D eigenvalue weighted by molar-refractivity contribution is 6.31. The molecular formula is C18H19ClN6O. The highest BCUT2D eigenvalue weighted by atomic mass is 35.5. The Balaban J connectivity index is 1.56. The smallest absolute Gasteiger partial charge is 0.228 e. The van der Waals surface area contributed by atoms with Crippen molar-refractivity contribution in [3.63, 3.8) is 0 Å². The Bertz CT molecular complexity index is 897. The molecule has 0 unspecified atom stereocenters. The molecule has 0 aliphatic carbocycles. The second-order valence-corrected chi connectivity index (χ2v) is 6.84. The van der Waals surface area contributed by atoms with Crippen molar-refractivity contribution in [2.75, 3.05) is 30.9 Å². The van der Waals surface area contributed by atoms with Gasteiger partial charge in [-0.1, -0.05) is 11.6 Å². The molecular weight excluding hydrogens is 352 g/mol. The normalized spacial score (nSPS) is 15.4. The molecule has 2 aromatic rings. The van der Waals surface area contributed by atoms with Crippen LogP contribution >= 0.6 is 11.6 Å². The van der Waals surface area contributed by atoms with E-state index in [1.54, 1.807) is 18.3 Å². The Morgan fingerprint density at radius 1 is 1.38 bits per heavy atom. The van der Waals surface area contributed by atoms with Gasteiger partial charge in [-0.2, -0.15) is 0 Å². The second kappa shape index (κ2) is 6.84. The Morgan fingerprint density at radius 3 is 3.08 bits per heavy atom. The maximum absolute atomic E-state index is 12.1. The van der Waals surface area contributed by atoms with Crippen LogP contribution in [-0.2, 0) is 11.2 Å². The number of aromatic nitrogens is 2. The summed E-state index contributed by atoms with van der Waals surface area (Å²) in [6, 6.07) is 5.42. The van der Waals surface area contributed by atoms with Crippen LogP contribution in [0.3, 0.4) is 0 Å². The standard InChI is InChI=1S/C18H19ClN6O/c1-25-9-13(22-10-25)4-5-20-18-21-8-11-6-16(26)23-15-7-12(19)2-3-14(15)17(11)24-18/h2-3,7-9,22H,4-6,10H2,1H3,(H,23,26)(H,20,21,24). The molecule has 0 radical (unpaired) electrons. The molecule has 3 N–H and O–H groups in total. The van der Waals surface area contributed by atoms with Crippen LogP contribution in [0.1, 0.15) is 12.0 Å². The maximum Gasteiger partial charge on any atom is 0.228 e. The first kappa shape index (κ1) is 16.7. The maximum atomic E-state index is 12.1. The predicted octanol–water partition coefficient (Wildman–Crippen LogP) is 2.43. The minimum Gasteiger partial charge on any atom is -0.370 e. The number of carbonyl (C=O) groups is 1. The molecule has 1 aromatic heterocycles. The number of hydrogen-bond donors (Lipinski definition) is 3. The van der Waals surface area contributed by atoms with Crippen LogP contribution in [0.15, 0.2) is 36.3 Å². The number of carbonyl (C=O) groups excluding carboxylic acids is 1. The van der Waals surface area contributed by atoms with Crippen LogP contribution in [-0.4, -0.2) is 41.0 Å². The molecule has 3 heterocycles. The van der Waals surface area contributed by atoms with Crippen molar-refractivity contribution in [1.29, 1.82) is 0 Å². The number of amides is 1. The summed E-state index contributed by atoms with van der Waals surface area (Å²) in [4.78, 5) is 23.2. The van der Waals surface area contributed by atoms with Crippen LogP contribution in [0.2, 0.25) is 5.02 Å². The van der Waals surface area contributed by atoms with E-state index in [2.05, 4.69) is 37.0 Å². The third kappa shape index (κ3) is 3.43. The van der Waals surface area contributed by atoms with Crippen LogP contribution in [0.5, 0.6) is 0 Å². The molecule has 0 bridgehead atoms. The first-order chi connectivity index (χ1) is 12.6. The summed E-state index contributed by atoms with van der Waals surface area (Å²) in [6.07, 6.45) is 4.91. The molecule has 0 atom stereocenters. The van der Waals surface area contributed by atoms with Gasteiger partial charge in [0.1, 0.15) is 0 Å². The van der Waals surface area contributed by atoms with Crippen LogP contribution in [0.4, 0.5) is 11.6 Å². The highest BCUT2D eigenvalue weighted by Gasteiger charge is 2.21. The molecule has 1 aromatic carbocycles. The van der Waals surface area contributed by atoms with Crippen LogP contribution in [0, 0.1) is 0 Å². The van der Waals surface area contributed by atoms with E-state index in [1.165, 1.54) is 5.70 Å². The van der Waals surface area contributed by atoms with Crippen molar-refractivity contribution in [2.45, 2.75) is 12.8 Å². The van der Waals surface area contributed by atoms with E-state index in [4.69, 9.17) is 11.6 Å². The topological polar surface area (TPSA) is 82.2 Å². The lowest BCUT2D eigenvalue weighted by molar-refractivity contribution is -0.115. The third-order valence-corrected chi connectivity index (χ3v) is 4.57. The number of nitrogens with one attached hydrogen (secondary N) is 3. The predicted molar refractivity (Wildman–Crippen MR) is 102 cm³/mol. The number of benzene rings is 1. The molecule has 26 heavy (non-hydrogen) atoms. The fourth-order valence-corrected chi connectivity index (χ4v) is 3.27. The zero-order valence-electron chi connectivity index (χ0n) is 14.3. The average Bonchev–Trinajstić information content (AvgIpc) is 2.95. The van der Waals surface area contributed by atoms with Gasteiger partial charge in [0.25, 0.3) is 0 Å². The Kier molecular flexibility index (Phi) is 4.38. The Hall–Kier alpha value is -2.80. The monoisotopic (exact) mass is 370 g/mol. The second-order valence-electron chi connectivity index (χ2n) is 6.41. The minimum atomic E-state index is -0.0973. The lowest BCUT2D eigenvalue weighted by Gasteiger charge is -2.11. The largest absolute Gasteiger partial charge is 0.370 e. The SMILES string of the molecule is CN1C=C(CCNc2ncc3c(n2)-c2ccc(Cl)cc2NC(=O)C3)NC1. The van der Waals surface area contributed by atoms with E-state index in [-0.39, 0.29) is 12.3 Å². The van der Waals surface area contributed by atoms with Gasteiger partial charge in [0, 0.05) is 54.3 Å². The molecule has 0 saturated heterocycles. The average molecular weight is 371 g/mol. The summed E-state index contributed by atoms with van der Waals surface area (Å²) in [5.41, 5.74) is 4.27. The van der Waals surface area contributed by atoms with Crippen molar-refractivity contribution in [3.8, 4) is 11.3 Å². The van der Waals surface area contributed by atoms with Crippen molar-refractivity contribution < 1.29 is 4.79 Å². The summed E-state index contributed by atoms with van der Waals surface area (Å²) < 4.78 is 0. The number of rotatable bonds is 4. The fourth-order valence-electron chi connectivity index (χ4n) is 3.09. The highest BCUT2D eigenvalue weighted by Crippen LogP contribution is 2.34. The van der Waals surface area contributed by atoms with E-state index in [1.807, 2.05) is 13.1 Å². The Labute approximate surface area is 156 Å². The third-order valence-electron chi connectivity index (χ3n) is 4.34. The number of hydrogen-bond acceptors (Lipinski definition) is 6. The van der Waals surface area contributed by atoms with Gasteiger partial charge in [0.05, 0.1) is 24.5 Å². The number of fused-ring (bicyclic) bond motifs is 3. The molecule has 2 aliphatic rings. The quantitative estimate of drug-likeness (QED) is 0.766. The van der Waals surface area contributed by atoms with E-state index in [9.17, 15) is 4.79 Å². The molecule has 1 amide bonds. The van der Waals surface area contributed by atoms with Crippen molar-refractivity contribution >= 4 is 29.1 Å². The number of halogens is 1. The number of nitrogens with zero attached hydrogens (tertiary/aromatic N) is 3. The van der Waals surface area contributed by atoms with Gasteiger partial charge < -0.3 is 20.9 Å². The van der Waals surface area contributed by atoms with Gasteiger partial charge in [-0.15, -0.1) is 0 Å². The molecule has 7 nitrogen and oxygen atoms in total. The van der Waals surface area contributed by atoms with Gasteiger partial charge >= 0.3 is 0 Å². The van der Waals surface area contributed by atoms with E-state index in [0.29, 0.717) is 16.7 Å². The first-order valence-electron chi connectivity index (χ1n) is 8.43. The van der Waals surface area contributed by atoms with Crippen molar-refractivity contribution in [3.05, 3.63) is 46.9 Å². The summed E-state index contributed by atoms with van der Waals surface area (Å²) in [6.45, 7) is 1.56. The van der Waals surface area contributed by atoms with Crippen molar-refractivity contribution in [1.82, 2.24) is 20.2 Å². The van der Waals surface area contributed by atoms with Gasteiger partial charge in [-0.3, -0.25) is 4.79 Å². The van der Waals surface area contributed by atoms with Crippen LogP contribution in [0.25, 0.3) is 11.3 Å². The van der Waals surface area contributed by atoms with E-state index >= 15 is 0 Å². The molecule has 134 valence electrons. The van der Waals surface area contributed by atoms with Gasteiger partial charge in [0.15, 0.2) is 0 Å². The van der Waals surface area contributed by atoms with Gasteiger partial charge in [-0.05, 0) is 18.2 Å². The molecule has 4 rings (SSSR count). The Morgan fingerprint density at radius 2 is 2.27 bits per heavy atom. The summed E-state index contributed by atoms with van der Waals surface area (Å²) in [5.74, 6) is 0.450. The first-order valence-corrected chi connectivity index (χ1v) is 8.80. The lowest BCUT2D eigenvalue weighted by atomic mass is 10.1.